The molecule has 2 rings (SSSR count). The van der Waals surface area contributed by atoms with Gasteiger partial charge in [0, 0.05) is 4.47 Å². The first-order chi connectivity index (χ1) is 7.58. The first-order valence-electron chi connectivity index (χ1n) is 4.63. The van der Waals surface area contributed by atoms with E-state index in [0.717, 1.165) is 10.2 Å². The van der Waals surface area contributed by atoms with Crippen molar-refractivity contribution in [1.82, 2.24) is 15.0 Å². The van der Waals surface area contributed by atoms with Crippen molar-refractivity contribution < 1.29 is 5.11 Å². The summed E-state index contributed by atoms with van der Waals surface area (Å²) in [5, 5.41) is 17.8. The molecule has 0 bridgehead atoms. The Morgan fingerprint density at radius 1 is 1.50 bits per heavy atom. The fraction of sp³-hybridized carbons (Fsp3) is 0.200. The van der Waals surface area contributed by atoms with Crippen LogP contribution in [0.2, 0.25) is 5.02 Å². The molecule has 2 aromatic rings. The zero-order valence-corrected chi connectivity index (χ0v) is 10.8. The second-order valence-electron chi connectivity index (χ2n) is 3.36. The van der Waals surface area contributed by atoms with Crippen LogP contribution in [0.25, 0.3) is 5.69 Å². The molecule has 4 nitrogen and oxygen atoms in total. The van der Waals surface area contributed by atoms with Crippen molar-refractivity contribution in [3.8, 4) is 5.69 Å². The largest absolute Gasteiger partial charge is 0.387 e. The summed E-state index contributed by atoms with van der Waals surface area (Å²) < 4.78 is 2.38. The van der Waals surface area contributed by atoms with Crippen LogP contribution in [0.1, 0.15) is 18.7 Å². The van der Waals surface area contributed by atoms with E-state index in [1.165, 1.54) is 0 Å². The van der Waals surface area contributed by atoms with Gasteiger partial charge in [0.05, 0.1) is 23.0 Å². The number of hydrogen-bond donors (Lipinski definition) is 1. The van der Waals surface area contributed by atoms with Crippen molar-refractivity contribution in [2.45, 2.75) is 13.0 Å². The molecular formula is C10H9BrClN3O. The lowest BCUT2D eigenvalue weighted by Gasteiger charge is -2.02. The standard InChI is InChI=1S/C10H9BrClN3O/c1-6(16)10-5-15(14-13-10)7-2-3-9(12)8(11)4-7/h2-6,16H,1H3. The molecule has 16 heavy (non-hydrogen) atoms. The maximum absolute atomic E-state index is 9.34. The Labute approximate surface area is 106 Å². The maximum atomic E-state index is 9.34. The monoisotopic (exact) mass is 301 g/mol. The molecule has 0 fully saturated rings. The van der Waals surface area contributed by atoms with Gasteiger partial charge in [0.2, 0.25) is 0 Å². The van der Waals surface area contributed by atoms with Crippen LogP contribution in [-0.2, 0) is 0 Å². The minimum Gasteiger partial charge on any atom is -0.387 e. The van der Waals surface area contributed by atoms with Gasteiger partial charge in [0.15, 0.2) is 0 Å². The molecule has 1 heterocycles. The third-order valence-electron chi connectivity index (χ3n) is 2.11. The van der Waals surface area contributed by atoms with Crippen molar-refractivity contribution in [2.24, 2.45) is 0 Å². The summed E-state index contributed by atoms with van der Waals surface area (Å²) in [7, 11) is 0. The van der Waals surface area contributed by atoms with Crippen LogP contribution < -0.4 is 0 Å². The molecule has 0 aliphatic heterocycles. The lowest BCUT2D eigenvalue weighted by atomic mass is 10.3. The molecule has 1 unspecified atom stereocenters. The summed E-state index contributed by atoms with van der Waals surface area (Å²) in [4.78, 5) is 0. The van der Waals surface area contributed by atoms with Crippen LogP contribution in [-0.4, -0.2) is 20.1 Å². The van der Waals surface area contributed by atoms with E-state index in [1.54, 1.807) is 23.9 Å². The molecule has 0 saturated carbocycles. The summed E-state index contributed by atoms with van der Waals surface area (Å²) in [5.74, 6) is 0. The number of nitrogens with zero attached hydrogens (tertiary/aromatic N) is 3. The molecule has 1 aromatic heterocycles. The highest BCUT2D eigenvalue weighted by Crippen LogP contribution is 2.24. The summed E-state index contributed by atoms with van der Waals surface area (Å²) in [6, 6.07) is 5.43. The topological polar surface area (TPSA) is 50.9 Å². The van der Waals surface area contributed by atoms with Gasteiger partial charge in [0.1, 0.15) is 5.69 Å². The molecule has 1 N–H and O–H groups in total. The average Bonchev–Trinajstić information content (AvgIpc) is 2.71. The van der Waals surface area contributed by atoms with Crippen molar-refractivity contribution in [3.05, 3.63) is 39.6 Å². The Bertz CT molecular complexity index is 513. The van der Waals surface area contributed by atoms with Gasteiger partial charge in [-0.2, -0.15) is 0 Å². The van der Waals surface area contributed by atoms with Crippen molar-refractivity contribution in [1.29, 1.82) is 0 Å². The number of aliphatic hydroxyl groups is 1. The number of benzene rings is 1. The fourth-order valence-corrected chi connectivity index (χ4v) is 1.71. The number of rotatable bonds is 2. The van der Waals surface area contributed by atoms with Gasteiger partial charge >= 0.3 is 0 Å². The molecule has 0 aliphatic carbocycles. The summed E-state index contributed by atoms with van der Waals surface area (Å²) >= 11 is 9.23. The Hall–Kier alpha value is -0.910. The molecular weight excluding hydrogens is 293 g/mol. The van der Waals surface area contributed by atoms with Gasteiger partial charge in [-0.3, -0.25) is 0 Å². The predicted octanol–water partition coefficient (Wildman–Crippen LogP) is 2.74. The highest BCUT2D eigenvalue weighted by Gasteiger charge is 2.08. The van der Waals surface area contributed by atoms with Crippen LogP contribution in [0, 0.1) is 0 Å². The normalized spacial score (nSPS) is 12.8. The van der Waals surface area contributed by atoms with Gasteiger partial charge in [-0.25, -0.2) is 4.68 Å². The Morgan fingerprint density at radius 2 is 2.25 bits per heavy atom. The smallest absolute Gasteiger partial charge is 0.111 e. The van der Waals surface area contributed by atoms with E-state index in [1.807, 2.05) is 12.1 Å². The van der Waals surface area contributed by atoms with Crippen LogP contribution in [0.4, 0.5) is 0 Å². The summed E-state index contributed by atoms with van der Waals surface area (Å²) in [5.41, 5.74) is 1.36. The second kappa shape index (κ2) is 4.53. The summed E-state index contributed by atoms with van der Waals surface area (Å²) in [6.07, 6.45) is 1.06. The third kappa shape index (κ3) is 2.26. The fourth-order valence-electron chi connectivity index (χ4n) is 1.22. The van der Waals surface area contributed by atoms with Gasteiger partial charge in [0.25, 0.3) is 0 Å². The van der Waals surface area contributed by atoms with Gasteiger partial charge in [-0.05, 0) is 41.1 Å². The predicted molar refractivity (Wildman–Crippen MR) is 64.7 cm³/mol. The van der Waals surface area contributed by atoms with E-state index >= 15 is 0 Å². The van der Waals surface area contributed by atoms with Crippen LogP contribution in [0.5, 0.6) is 0 Å². The van der Waals surface area contributed by atoms with Crippen LogP contribution in [0.3, 0.4) is 0 Å². The molecule has 1 atom stereocenters. The van der Waals surface area contributed by atoms with Crippen LogP contribution >= 0.6 is 27.5 Å². The first kappa shape index (κ1) is 11.6. The molecule has 0 spiro atoms. The summed E-state index contributed by atoms with van der Waals surface area (Å²) in [6.45, 7) is 1.64. The molecule has 6 heteroatoms. The minimum atomic E-state index is -0.621. The lowest BCUT2D eigenvalue weighted by molar-refractivity contribution is 0.194. The zero-order chi connectivity index (χ0) is 11.7. The molecule has 84 valence electrons. The average molecular weight is 303 g/mol. The number of aromatic nitrogens is 3. The zero-order valence-electron chi connectivity index (χ0n) is 8.43. The molecule has 0 radical (unpaired) electrons. The first-order valence-corrected chi connectivity index (χ1v) is 5.81. The minimum absolute atomic E-state index is 0.533. The van der Waals surface area contributed by atoms with E-state index < -0.39 is 6.10 Å². The van der Waals surface area contributed by atoms with Gasteiger partial charge in [-0.1, -0.05) is 16.8 Å². The highest BCUT2D eigenvalue weighted by atomic mass is 79.9. The molecule has 0 saturated heterocycles. The Morgan fingerprint density at radius 3 is 2.81 bits per heavy atom. The lowest BCUT2D eigenvalue weighted by Crippen LogP contribution is -1.94. The van der Waals surface area contributed by atoms with Crippen molar-refractivity contribution in [2.75, 3.05) is 0 Å². The number of aliphatic hydroxyl groups excluding tert-OH is 1. The maximum Gasteiger partial charge on any atom is 0.111 e. The molecule has 0 amide bonds. The van der Waals surface area contributed by atoms with Gasteiger partial charge in [-0.15, -0.1) is 5.10 Å². The van der Waals surface area contributed by atoms with E-state index in [0.29, 0.717) is 10.7 Å². The van der Waals surface area contributed by atoms with Crippen molar-refractivity contribution in [3.63, 3.8) is 0 Å². The van der Waals surface area contributed by atoms with E-state index in [4.69, 9.17) is 11.6 Å². The Balaban J connectivity index is 2.39. The highest BCUT2D eigenvalue weighted by molar-refractivity contribution is 9.10. The van der Waals surface area contributed by atoms with E-state index in [-0.39, 0.29) is 0 Å². The van der Waals surface area contributed by atoms with Crippen LogP contribution in [0.15, 0.2) is 28.9 Å². The number of hydrogen-bond acceptors (Lipinski definition) is 3. The number of halogens is 2. The second-order valence-corrected chi connectivity index (χ2v) is 4.62. The Kier molecular flexibility index (Phi) is 3.28. The van der Waals surface area contributed by atoms with Crippen molar-refractivity contribution >= 4 is 27.5 Å². The van der Waals surface area contributed by atoms with E-state index in [9.17, 15) is 5.11 Å². The van der Waals surface area contributed by atoms with E-state index in [2.05, 4.69) is 26.2 Å². The molecule has 0 aliphatic rings. The third-order valence-corrected chi connectivity index (χ3v) is 3.32. The molecule has 1 aromatic carbocycles. The quantitative estimate of drug-likeness (QED) is 0.928. The van der Waals surface area contributed by atoms with Gasteiger partial charge < -0.3 is 5.11 Å². The SMILES string of the molecule is CC(O)c1cn(-c2ccc(Cl)c(Br)c2)nn1.